The van der Waals surface area contributed by atoms with Crippen LogP contribution in [0.25, 0.3) is 0 Å². The Bertz CT molecular complexity index is 456. The molecule has 0 radical (unpaired) electrons. The Labute approximate surface area is 132 Å². The topological polar surface area (TPSA) is 29.5 Å². The van der Waals surface area contributed by atoms with E-state index in [4.69, 9.17) is 16.3 Å². The molecule has 1 aromatic carbocycles. The zero-order chi connectivity index (χ0) is 15.2. The second-order valence-electron chi connectivity index (χ2n) is 5.82. The lowest BCUT2D eigenvalue weighted by Crippen LogP contribution is -2.43. The van der Waals surface area contributed by atoms with E-state index in [-0.39, 0.29) is 18.1 Å². The Morgan fingerprint density at radius 3 is 2.67 bits per heavy atom. The van der Waals surface area contributed by atoms with Gasteiger partial charge in [-0.25, -0.2) is 0 Å². The third kappa shape index (κ3) is 4.37. The summed E-state index contributed by atoms with van der Waals surface area (Å²) in [6.45, 7) is 4.82. The number of hydrogen-bond donors (Lipinski definition) is 0. The molecule has 1 unspecified atom stereocenters. The standard InChI is InChI=1S/C17H24ClNO2/c1-13(2)21-16-8-6-14(7-9-16)17(20)19-12-4-3-5-15(19)10-11-18/h6-9,13,15H,3-5,10-12H2,1-2H3. The van der Waals surface area contributed by atoms with Gasteiger partial charge >= 0.3 is 0 Å². The number of carbonyl (C=O) groups excluding carboxylic acids is 1. The molecular formula is C17H24ClNO2. The summed E-state index contributed by atoms with van der Waals surface area (Å²) < 4.78 is 5.61. The van der Waals surface area contributed by atoms with Gasteiger partial charge in [-0.2, -0.15) is 0 Å². The summed E-state index contributed by atoms with van der Waals surface area (Å²) in [5.74, 6) is 1.52. The summed E-state index contributed by atoms with van der Waals surface area (Å²) in [6.07, 6.45) is 4.35. The number of likely N-dealkylation sites (tertiary alicyclic amines) is 1. The third-order valence-corrected chi connectivity index (χ3v) is 4.02. The van der Waals surface area contributed by atoms with Crippen LogP contribution >= 0.6 is 11.6 Å². The highest BCUT2D eigenvalue weighted by Gasteiger charge is 2.26. The fraction of sp³-hybridized carbons (Fsp3) is 0.588. The first-order chi connectivity index (χ1) is 10.1. The zero-order valence-electron chi connectivity index (χ0n) is 12.8. The highest BCUT2D eigenvalue weighted by atomic mass is 35.5. The van der Waals surface area contributed by atoms with Gasteiger partial charge in [-0.3, -0.25) is 4.79 Å². The minimum atomic E-state index is 0.112. The van der Waals surface area contributed by atoms with Crippen molar-refractivity contribution in [2.24, 2.45) is 0 Å². The summed E-state index contributed by atoms with van der Waals surface area (Å²) >= 11 is 5.87. The van der Waals surface area contributed by atoms with Crippen molar-refractivity contribution >= 4 is 17.5 Å². The van der Waals surface area contributed by atoms with E-state index in [0.29, 0.717) is 5.88 Å². The first-order valence-corrected chi connectivity index (χ1v) is 8.29. The van der Waals surface area contributed by atoms with E-state index < -0.39 is 0 Å². The van der Waals surface area contributed by atoms with Gasteiger partial charge < -0.3 is 9.64 Å². The van der Waals surface area contributed by atoms with Crippen LogP contribution in [-0.2, 0) is 0 Å². The number of amides is 1. The molecule has 1 heterocycles. The molecule has 0 spiro atoms. The Hall–Kier alpha value is -1.22. The third-order valence-electron chi connectivity index (χ3n) is 3.80. The minimum Gasteiger partial charge on any atom is -0.491 e. The summed E-state index contributed by atoms with van der Waals surface area (Å²) in [5.41, 5.74) is 0.729. The van der Waals surface area contributed by atoms with E-state index >= 15 is 0 Å². The Morgan fingerprint density at radius 2 is 2.05 bits per heavy atom. The number of carbonyl (C=O) groups is 1. The Balaban J connectivity index is 2.07. The molecule has 3 nitrogen and oxygen atoms in total. The average Bonchev–Trinajstić information content (AvgIpc) is 2.48. The fourth-order valence-electron chi connectivity index (χ4n) is 2.81. The molecule has 1 saturated heterocycles. The van der Waals surface area contributed by atoms with Gasteiger partial charge in [0.1, 0.15) is 5.75 Å². The molecule has 116 valence electrons. The van der Waals surface area contributed by atoms with Gasteiger partial charge in [0.05, 0.1) is 6.10 Å². The summed E-state index contributed by atoms with van der Waals surface area (Å²) in [7, 11) is 0. The molecule has 0 bridgehead atoms. The van der Waals surface area contributed by atoms with E-state index in [1.807, 2.05) is 43.0 Å². The molecule has 1 aromatic rings. The van der Waals surface area contributed by atoms with E-state index in [1.54, 1.807) is 0 Å². The molecule has 1 atom stereocenters. The molecular weight excluding hydrogens is 286 g/mol. The fourth-order valence-corrected chi connectivity index (χ4v) is 3.06. The lowest BCUT2D eigenvalue weighted by atomic mass is 9.99. The average molecular weight is 310 g/mol. The first-order valence-electron chi connectivity index (χ1n) is 7.75. The van der Waals surface area contributed by atoms with Crippen LogP contribution in [0.2, 0.25) is 0 Å². The molecule has 1 aliphatic rings. The van der Waals surface area contributed by atoms with Gasteiger partial charge in [0.25, 0.3) is 5.91 Å². The van der Waals surface area contributed by atoms with Crippen LogP contribution < -0.4 is 4.74 Å². The van der Waals surface area contributed by atoms with Crippen LogP contribution in [0.3, 0.4) is 0 Å². The van der Waals surface area contributed by atoms with Gasteiger partial charge in [0.15, 0.2) is 0 Å². The van der Waals surface area contributed by atoms with Crippen molar-refractivity contribution in [3.63, 3.8) is 0 Å². The molecule has 0 aromatic heterocycles. The normalized spacial score (nSPS) is 18.9. The predicted octanol–water partition coefficient (Wildman–Crippen LogP) is 4.10. The molecule has 21 heavy (non-hydrogen) atoms. The lowest BCUT2D eigenvalue weighted by Gasteiger charge is -2.35. The molecule has 4 heteroatoms. The summed E-state index contributed by atoms with van der Waals surface area (Å²) in [6, 6.07) is 7.73. The van der Waals surface area contributed by atoms with Crippen molar-refractivity contribution in [1.29, 1.82) is 0 Å². The zero-order valence-corrected chi connectivity index (χ0v) is 13.6. The maximum Gasteiger partial charge on any atom is 0.254 e. The number of ether oxygens (including phenoxy) is 1. The lowest BCUT2D eigenvalue weighted by molar-refractivity contribution is 0.0609. The number of hydrogen-bond acceptors (Lipinski definition) is 2. The van der Waals surface area contributed by atoms with Crippen molar-refractivity contribution in [3.8, 4) is 5.75 Å². The van der Waals surface area contributed by atoms with Gasteiger partial charge in [-0.05, 0) is 63.8 Å². The first kappa shape index (κ1) is 16.2. The van der Waals surface area contributed by atoms with E-state index in [9.17, 15) is 4.79 Å². The molecule has 0 N–H and O–H groups in total. The van der Waals surface area contributed by atoms with Crippen LogP contribution in [0.4, 0.5) is 0 Å². The molecule has 2 rings (SSSR count). The van der Waals surface area contributed by atoms with Crippen LogP contribution in [0.15, 0.2) is 24.3 Å². The number of halogens is 1. The largest absolute Gasteiger partial charge is 0.491 e. The van der Waals surface area contributed by atoms with Crippen molar-refractivity contribution in [1.82, 2.24) is 4.90 Å². The minimum absolute atomic E-state index is 0.112. The van der Waals surface area contributed by atoms with Crippen LogP contribution in [0.1, 0.15) is 49.9 Å². The molecule has 1 aliphatic heterocycles. The highest BCUT2D eigenvalue weighted by Crippen LogP contribution is 2.23. The molecule has 1 fully saturated rings. The summed E-state index contributed by atoms with van der Waals surface area (Å²) in [4.78, 5) is 14.7. The van der Waals surface area contributed by atoms with Crippen molar-refractivity contribution in [2.75, 3.05) is 12.4 Å². The van der Waals surface area contributed by atoms with E-state index in [0.717, 1.165) is 37.1 Å². The summed E-state index contributed by atoms with van der Waals surface area (Å²) in [5, 5.41) is 0. The molecule has 0 aliphatic carbocycles. The van der Waals surface area contributed by atoms with Crippen LogP contribution in [0.5, 0.6) is 5.75 Å². The number of benzene rings is 1. The van der Waals surface area contributed by atoms with Crippen LogP contribution in [0, 0.1) is 0 Å². The predicted molar refractivity (Wildman–Crippen MR) is 86.2 cm³/mol. The quantitative estimate of drug-likeness (QED) is 0.766. The maximum absolute atomic E-state index is 12.7. The number of rotatable bonds is 5. The van der Waals surface area contributed by atoms with Gasteiger partial charge in [-0.1, -0.05) is 0 Å². The second kappa shape index (κ2) is 7.69. The number of piperidine rings is 1. The van der Waals surface area contributed by atoms with Crippen LogP contribution in [-0.4, -0.2) is 35.4 Å². The maximum atomic E-state index is 12.7. The van der Waals surface area contributed by atoms with Gasteiger partial charge in [0, 0.05) is 24.0 Å². The number of nitrogens with zero attached hydrogens (tertiary/aromatic N) is 1. The molecule has 1 amide bonds. The highest BCUT2D eigenvalue weighted by molar-refractivity contribution is 6.17. The van der Waals surface area contributed by atoms with E-state index in [1.165, 1.54) is 6.42 Å². The Kier molecular flexibility index (Phi) is 5.92. The van der Waals surface area contributed by atoms with Gasteiger partial charge in [0.2, 0.25) is 0 Å². The monoisotopic (exact) mass is 309 g/mol. The van der Waals surface area contributed by atoms with Crippen molar-refractivity contribution in [3.05, 3.63) is 29.8 Å². The smallest absolute Gasteiger partial charge is 0.254 e. The SMILES string of the molecule is CC(C)Oc1ccc(C(=O)N2CCCCC2CCCl)cc1. The van der Waals surface area contributed by atoms with Crippen molar-refractivity contribution in [2.45, 2.75) is 51.7 Å². The number of alkyl halides is 1. The second-order valence-corrected chi connectivity index (χ2v) is 6.19. The van der Waals surface area contributed by atoms with Crippen molar-refractivity contribution < 1.29 is 9.53 Å². The Morgan fingerprint density at radius 1 is 1.33 bits per heavy atom. The van der Waals surface area contributed by atoms with Gasteiger partial charge in [-0.15, -0.1) is 11.6 Å². The van der Waals surface area contributed by atoms with E-state index in [2.05, 4.69) is 0 Å². The molecule has 0 saturated carbocycles.